The summed E-state index contributed by atoms with van der Waals surface area (Å²) in [5.74, 6) is 0.637. The molecule has 1 aliphatic heterocycles. The van der Waals surface area contributed by atoms with Crippen LogP contribution in [0.1, 0.15) is 18.7 Å². The van der Waals surface area contributed by atoms with E-state index in [4.69, 9.17) is 0 Å². The van der Waals surface area contributed by atoms with Gasteiger partial charge in [-0.2, -0.15) is 4.31 Å². The number of aryl methyl sites for hydroxylation is 2. The van der Waals surface area contributed by atoms with Gasteiger partial charge in [0.05, 0.1) is 6.04 Å². The molecule has 0 saturated carbocycles. The Morgan fingerprint density at radius 3 is 2.84 bits per heavy atom. The second-order valence-electron chi connectivity index (χ2n) is 4.62. The van der Waals surface area contributed by atoms with E-state index in [2.05, 4.69) is 9.98 Å². The molecule has 0 amide bonds. The Balaban J connectivity index is 2.26. The predicted molar refractivity (Wildman–Crippen MR) is 67.8 cm³/mol. The monoisotopic (exact) mass is 284 g/mol. The molecule has 1 saturated heterocycles. The van der Waals surface area contributed by atoms with E-state index in [9.17, 15) is 13.2 Å². The summed E-state index contributed by atoms with van der Waals surface area (Å²) in [6.07, 6.45) is 4.39. The smallest absolute Gasteiger partial charge is 0.262 e. The van der Waals surface area contributed by atoms with Gasteiger partial charge in [-0.15, -0.1) is 0 Å². The maximum absolute atomic E-state index is 12.4. The van der Waals surface area contributed by atoms with Gasteiger partial charge in [0.15, 0.2) is 5.03 Å². The minimum atomic E-state index is -3.60. The lowest BCUT2D eigenvalue weighted by molar-refractivity contribution is 0.316. The molecular weight excluding hydrogens is 268 g/mol. The summed E-state index contributed by atoms with van der Waals surface area (Å²) in [6, 6.07) is -0.300. The van der Waals surface area contributed by atoms with Crippen LogP contribution in [0.5, 0.6) is 0 Å². The first-order chi connectivity index (χ1) is 8.95. The summed E-state index contributed by atoms with van der Waals surface area (Å²) >= 11 is 0. The molecule has 2 heterocycles. The maximum Gasteiger partial charge on any atom is 0.262 e. The number of hydrogen-bond acceptors (Lipinski definition) is 5. The number of sulfonamides is 1. The Kier molecular flexibility index (Phi) is 3.84. The standard InChI is InChI=1S/C11H16N4O3S/c1-9-13-11(7-14(9)2)19(17,18)15-5-3-4-10(6-15)12-8-16/h7,10H,3-6H2,1-2H3. The summed E-state index contributed by atoms with van der Waals surface area (Å²) in [6.45, 7) is 2.39. The molecule has 0 aromatic carbocycles. The summed E-state index contributed by atoms with van der Waals surface area (Å²) in [7, 11) is -1.86. The number of hydrogen-bond donors (Lipinski definition) is 0. The summed E-state index contributed by atoms with van der Waals surface area (Å²) in [5.41, 5.74) is 0. The van der Waals surface area contributed by atoms with Gasteiger partial charge >= 0.3 is 0 Å². The molecule has 7 nitrogen and oxygen atoms in total. The van der Waals surface area contributed by atoms with Gasteiger partial charge in [-0.25, -0.2) is 23.2 Å². The Bertz CT molecular complexity index is 596. The van der Waals surface area contributed by atoms with Crippen LogP contribution in [0.15, 0.2) is 16.2 Å². The number of nitrogens with zero attached hydrogens (tertiary/aromatic N) is 4. The van der Waals surface area contributed by atoms with Gasteiger partial charge in [-0.05, 0) is 19.8 Å². The van der Waals surface area contributed by atoms with Gasteiger partial charge < -0.3 is 4.57 Å². The van der Waals surface area contributed by atoms with Gasteiger partial charge in [-0.3, -0.25) is 0 Å². The molecule has 0 spiro atoms. The molecule has 1 fully saturated rings. The van der Waals surface area contributed by atoms with Crippen LogP contribution in [-0.4, -0.2) is 47.5 Å². The third-order valence-corrected chi connectivity index (χ3v) is 5.02. The number of piperidine rings is 1. The van der Waals surface area contributed by atoms with E-state index in [1.807, 2.05) is 0 Å². The molecule has 19 heavy (non-hydrogen) atoms. The summed E-state index contributed by atoms with van der Waals surface area (Å²) in [4.78, 5) is 18.0. The molecule has 0 bridgehead atoms. The fourth-order valence-electron chi connectivity index (χ4n) is 2.10. The van der Waals surface area contributed by atoms with Gasteiger partial charge in [0.2, 0.25) is 6.08 Å². The Hall–Kier alpha value is -1.50. The highest BCUT2D eigenvalue weighted by Gasteiger charge is 2.32. The lowest BCUT2D eigenvalue weighted by Crippen LogP contribution is -2.41. The van der Waals surface area contributed by atoms with E-state index in [1.165, 1.54) is 16.6 Å². The Morgan fingerprint density at radius 2 is 2.26 bits per heavy atom. The fraction of sp³-hybridized carbons (Fsp3) is 0.636. The molecule has 2 rings (SSSR count). The molecule has 1 aliphatic rings. The molecule has 0 aliphatic carbocycles. The third-order valence-electron chi connectivity index (χ3n) is 3.29. The van der Waals surface area contributed by atoms with Gasteiger partial charge in [0.1, 0.15) is 5.82 Å². The average Bonchev–Trinajstić information content (AvgIpc) is 2.71. The lowest BCUT2D eigenvalue weighted by atomic mass is 10.1. The second-order valence-corrected chi connectivity index (χ2v) is 6.50. The van der Waals surface area contributed by atoms with Crippen molar-refractivity contribution in [2.45, 2.75) is 30.8 Å². The lowest BCUT2D eigenvalue weighted by Gasteiger charge is -2.28. The molecule has 104 valence electrons. The number of aliphatic imine (C=N–C) groups is 1. The van der Waals surface area contributed by atoms with Crippen LogP contribution >= 0.6 is 0 Å². The fourth-order valence-corrected chi connectivity index (χ4v) is 3.64. The number of aromatic nitrogens is 2. The number of isocyanates is 1. The summed E-state index contributed by atoms with van der Waals surface area (Å²) in [5, 5.41) is 0.0447. The van der Waals surface area contributed by atoms with Crippen LogP contribution in [0.25, 0.3) is 0 Å². The zero-order chi connectivity index (χ0) is 14.0. The number of carbonyl (C=O) groups excluding carboxylic acids is 1. The second kappa shape index (κ2) is 5.24. The topological polar surface area (TPSA) is 84.6 Å². The third kappa shape index (κ3) is 2.75. The maximum atomic E-state index is 12.4. The van der Waals surface area contributed by atoms with E-state index < -0.39 is 10.0 Å². The minimum Gasteiger partial charge on any atom is -0.337 e. The quantitative estimate of drug-likeness (QED) is 0.587. The SMILES string of the molecule is Cc1nc(S(=O)(=O)N2CCCC(N=C=O)C2)cn1C. The average molecular weight is 284 g/mol. The number of rotatable bonds is 3. The highest BCUT2D eigenvalue weighted by atomic mass is 32.2. The van der Waals surface area contributed by atoms with Crippen molar-refractivity contribution in [3.8, 4) is 0 Å². The van der Waals surface area contributed by atoms with E-state index in [0.717, 1.165) is 0 Å². The van der Waals surface area contributed by atoms with Crippen LogP contribution in [0, 0.1) is 6.92 Å². The Morgan fingerprint density at radius 1 is 1.53 bits per heavy atom. The predicted octanol–water partition coefficient (Wildman–Crippen LogP) is 0.217. The van der Waals surface area contributed by atoms with Crippen LogP contribution in [0.4, 0.5) is 0 Å². The van der Waals surface area contributed by atoms with Crippen molar-refractivity contribution in [2.75, 3.05) is 13.1 Å². The molecule has 1 aromatic rings. The highest BCUT2D eigenvalue weighted by Crippen LogP contribution is 2.21. The zero-order valence-electron chi connectivity index (χ0n) is 10.9. The molecule has 0 radical (unpaired) electrons. The minimum absolute atomic E-state index is 0.0447. The van der Waals surface area contributed by atoms with E-state index in [1.54, 1.807) is 18.5 Å². The first kappa shape index (κ1) is 13.9. The van der Waals surface area contributed by atoms with E-state index in [-0.39, 0.29) is 17.6 Å². The van der Waals surface area contributed by atoms with Crippen LogP contribution in [-0.2, 0) is 21.9 Å². The zero-order valence-corrected chi connectivity index (χ0v) is 11.7. The molecule has 1 aromatic heterocycles. The first-order valence-corrected chi connectivity index (χ1v) is 7.46. The van der Waals surface area contributed by atoms with Crippen molar-refractivity contribution in [3.05, 3.63) is 12.0 Å². The van der Waals surface area contributed by atoms with Crippen molar-refractivity contribution < 1.29 is 13.2 Å². The van der Waals surface area contributed by atoms with Crippen molar-refractivity contribution in [2.24, 2.45) is 12.0 Å². The molecular formula is C11H16N4O3S. The largest absolute Gasteiger partial charge is 0.337 e. The van der Waals surface area contributed by atoms with Gasteiger partial charge in [-0.1, -0.05) is 0 Å². The molecule has 0 N–H and O–H groups in total. The van der Waals surface area contributed by atoms with E-state index in [0.29, 0.717) is 25.2 Å². The van der Waals surface area contributed by atoms with Crippen LogP contribution in [0.2, 0.25) is 0 Å². The van der Waals surface area contributed by atoms with Gasteiger partial charge in [0, 0.05) is 26.3 Å². The molecule has 1 atom stereocenters. The van der Waals surface area contributed by atoms with E-state index >= 15 is 0 Å². The van der Waals surface area contributed by atoms with Crippen molar-refractivity contribution in [1.82, 2.24) is 13.9 Å². The normalized spacial score (nSPS) is 21.1. The van der Waals surface area contributed by atoms with Crippen molar-refractivity contribution in [3.63, 3.8) is 0 Å². The number of imidazole rings is 1. The molecule has 8 heteroatoms. The van der Waals surface area contributed by atoms with Crippen molar-refractivity contribution in [1.29, 1.82) is 0 Å². The van der Waals surface area contributed by atoms with Crippen LogP contribution < -0.4 is 0 Å². The summed E-state index contributed by atoms with van der Waals surface area (Å²) < 4.78 is 27.8. The van der Waals surface area contributed by atoms with Crippen LogP contribution in [0.3, 0.4) is 0 Å². The highest BCUT2D eigenvalue weighted by molar-refractivity contribution is 7.89. The Labute approximate surface area is 112 Å². The molecule has 1 unspecified atom stereocenters. The van der Waals surface area contributed by atoms with Gasteiger partial charge in [0.25, 0.3) is 10.0 Å². The van der Waals surface area contributed by atoms with Crippen molar-refractivity contribution >= 4 is 16.1 Å². The first-order valence-electron chi connectivity index (χ1n) is 6.02.